The number of nitrogens with zero attached hydrogens (tertiary/aromatic N) is 2. The van der Waals surface area contributed by atoms with E-state index in [9.17, 15) is 0 Å². The smallest absolute Gasteiger partial charge is 0.232 e. The largest absolute Gasteiger partial charge is 0.396 e. The minimum Gasteiger partial charge on any atom is -0.396 e. The lowest BCUT2D eigenvalue weighted by atomic mass is 9.81. The third-order valence-corrected chi connectivity index (χ3v) is 3.03. The first-order valence-electron chi connectivity index (χ1n) is 5.39. The Bertz CT molecular complexity index is 318. The summed E-state index contributed by atoms with van der Waals surface area (Å²) in [5.74, 6) is 1.32. The zero-order chi connectivity index (χ0) is 10.7. The fourth-order valence-corrected chi connectivity index (χ4v) is 1.89. The Labute approximate surface area is 88.9 Å². The van der Waals surface area contributed by atoms with E-state index in [0.717, 1.165) is 25.9 Å². The summed E-state index contributed by atoms with van der Waals surface area (Å²) in [5, 5.41) is 15.9. The van der Waals surface area contributed by atoms with E-state index >= 15 is 0 Å². The van der Waals surface area contributed by atoms with Crippen molar-refractivity contribution in [3.8, 4) is 0 Å². The molecular weight excluding hydrogens is 194 g/mol. The maximum absolute atomic E-state index is 8.77. The molecule has 0 aromatic carbocycles. The highest BCUT2D eigenvalue weighted by Crippen LogP contribution is 2.31. The first-order valence-corrected chi connectivity index (χ1v) is 5.39. The Kier molecular flexibility index (Phi) is 3.02. The summed E-state index contributed by atoms with van der Waals surface area (Å²) in [6.45, 7) is 4.21. The Morgan fingerprint density at radius 3 is 2.87 bits per heavy atom. The van der Waals surface area contributed by atoms with Gasteiger partial charge in [-0.15, -0.1) is 0 Å². The number of hydrogen-bond donors (Lipinski definition) is 2. The van der Waals surface area contributed by atoms with Crippen LogP contribution in [0.3, 0.4) is 0 Å². The molecule has 1 aliphatic rings. The van der Waals surface area contributed by atoms with Gasteiger partial charge in [0.1, 0.15) is 0 Å². The SMILES string of the molecule is CC1(c2nc(CCO)no2)CCNCC1. The van der Waals surface area contributed by atoms with Crippen LogP contribution in [0.5, 0.6) is 0 Å². The normalized spacial score (nSPS) is 20.4. The van der Waals surface area contributed by atoms with Crippen LogP contribution in [0.15, 0.2) is 4.52 Å². The van der Waals surface area contributed by atoms with Crippen molar-refractivity contribution < 1.29 is 9.63 Å². The van der Waals surface area contributed by atoms with Gasteiger partial charge >= 0.3 is 0 Å². The molecule has 1 aliphatic heterocycles. The average molecular weight is 211 g/mol. The average Bonchev–Trinajstić information content (AvgIpc) is 2.69. The van der Waals surface area contributed by atoms with Crippen LogP contribution in [0.2, 0.25) is 0 Å². The molecule has 2 N–H and O–H groups in total. The highest BCUT2D eigenvalue weighted by molar-refractivity contribution is 5.05. The summed E-state index contributed by atoms with van der Waals surface area (Å²) in [6, 6.07) is 0. The minimum absolute atomic E-state index is 0.00591. The fourth-order valence-electron chi connectivity index (χ4n) is 1.89. The quantitative estimate of drug-likeness (QED) is 0.749. The Morgan fingerprint density at radius 2 is 2.20 bits per heavy atom. The Morgan fingerprint density at radius 1 is 1.47 bits per heavy atom. The van der Waals surface area contributed by atoms with Gasteiger partial charge in [-0.25, -0.2) is 0 Å². The molecule has 0 atom stereocenters. The molecule has 0 saturated carbocycles. The van der Waals surface area contributed by atoms with Crippen LogP contribution < -0.4 is 5.32 Å². The van der Waals surface area contributed by atoms with E-state index in [1.54, 1.807) is 0 Å². The van der Waals surface area contributed by atoms with E-state index in [1.807, 2.05) is 0 Å². The zero-order valence-electron chi connectivity index (χ0n) is 8.99. The molecule has 5 heteroatoms. The number of aliphatic hydroxyl groups is 1. The summed E-state index contributed by atoms with van der Waals surface area (Å²) in [5.41, 5.74) is 0.00591. The van der Waals surface area contributed by atoms with Crippen LogP contribution in [-0.2, 0) is 11.8 Å². The van der Waals surface area contributed by atoms with Gasteiger partial charge in [0, 0.05) is 11.8 Å². The molecule has 2 rings (SSSR count). The van der Waals surface area contributed by atoms with E-state index in [1.165, 1.54) is 0 Å². The summed E-state index contributed by atoms with van der Waals surface area (Å²) in [6.07, 6.45) is 2.51. The molecule has 0 spiro atoms. The van der Waals surface area contributed by atoms with Crippen LogP contribution in [0.25, 0.3) is 0 Å². The Hall–Kier alpha value is -0.940. The molecule has 0 amide bonds. The second-order valence-corrected chi connectivity index (χ2v) is 4.30. The van der Waals surface area contributed by atoms with E-state index in [4.69, 9.17) is 9.63 Å². The lowest BCUT2D eigenvalue weighted by molar-refractivity contribution is 0.240. The zero-order valence-corrected chi connectivity index (χ0v) is 8.99. The van der Waals surface area contributed by atoms with Gasteiger partial charge in [-0.2, -0.15) is 4.98 Å². The number of rotatable bonds is 3. The van der Waals surface area contributed by atoms with Gasteiger partial charge in [0.2, 0.25) is 5.89 Å². The van der Waals surface area contributed by atoms with E-state index < -0.39 is 0 Å². The van der Waals surface area contributed by atoms with Crippen LogP contribution >= 0.6 is 0 Å². The number of nitrogens with one attached hydrogen (secondary N) is 1. The molecule has 0 radical (unpaired) electrons. The predicted molar refractivity (Wildman–Crippen MR) is 54.5 cm³/mol. The predicted octanol–water partition coefficient (Wildman–Crippen LogP) is 0.245. The molecule has 1 aromatic rings. The van der Waals surface area contributed by atoms with Crippen molar-refractivity contribution in [2.45, 2.75) is 31.6 Å². The van der Waals surface area contributed by atoms with Crippen molar-refractivity contribution in [2.75, 3.05) is 19.7 Å². The van der Waals surface area contributed by atoms with Crippen LogP contribution in [0.1, 0.15) is 31.5 Å². The molecule has 5 nitrogen and oxygen atoms in total. The number of hydrogen-bond acceptors (Lipinski definition) is 5. The highest BCUT2D eigenvalue weighted by Gasteiger charge is 2.34. The maximum Gasteiger partial charge on any atom is 0.232 e. The van der Waals surface area contributed by atoms with Gasteiger partial charge in [0.15, 0.2) is 5.82 Å². The molecule has 0 bridgehead atoms. The summed E-state index contributed by atoms with van der Waals surface area (Å²) in [7, 11) is 0. The van der Waals surface area contributed by atoms with Crippen molar-refractivity contribution in [3.05, 3.63) is 11.7 Å². The molecule has 15 heavy (non-hydrogen) atoms. The monoisotopic (exact) mass is 211 g/mol. The van der Waals surface area contributed by atoms with Crippen molar-refractivity contribution in [1.82, 2.24) is 15.5 Å². The fraction of sp³-hybridized carbons (Fsp3) is 0.800. The topological polar surface area (TPSA) is 71.2 Å². The molecule has 2 heterocycles. The van der Waals surface area contributed by atoms with Crippen LogP contribution in [0.4, 0.5) is 0 Å². The minimum atomic E-state index is 0.00591. The molecule has 84 valence electrons. The van der Waals surface area contributed by atoms with E-state index in [0.29, 0.717) is 18.1 Å². The molecule has 0 aliphatic carbocycles. The lowest BCUT2D eigenvalue weighted by Gasteiger charge is -2.30. The summed E-state index contributed by atoms with van der Waals surface area (Å²) < 4.78 is 5.26. The first kappa shape index (κ1) is 10.6. The first-order chi connectivity index (χ1) is 7.24. The standard InChI is InChI=1S/C10H17N3O2/c1-10(3-5-11-6-4-10)9-12-8(2-7-14)13-15-9/h11,14H,2-7H2,1H3. The number of aliphatic hydroxyl groups excluding tert-OH is 1. The molecule has 1 saturated heterocycles. The van der Waals surface area contributed by atoms with Crippen LogP contribution in [0, 0.1) is 0 Å². The molecular formula is C10H17N3O2. The van der Waals surface area contributed by atoms with Crippen LogP contribution in [-0.4, -0.2) is 34.9 Å². The van der Waals surface area contributed by atoms with Gasteiger partial charge in [0.25, 0.3) is 0 Å². The highest BCUT2D eigenvalue weighted by atomic mass is 16.5. The number of aromatic nitrogens is 2. The van der Waals surface area contributed by atoms with Gasteiger partial charge in [-0.05, 0) is 25.9 Å². The van der Waals surface area contributed by atoms with E-state index in [-0.39, 0.29) is 12.0 Å². The molecule has 1 aromatic heterocycles. The van der Waals surface area contributed by atoms with E-state index in [2.05, 4.69) is 22.4 Å². The number of piperidine rings is 1. The molecule has 1 fully saturated rings. The van der Waals surface area contributed by atoms with Crippen molar-refractivity contribution in [2.24, 2.45) is 0 Å². The second kappa shape index (κ2) is 4.28. The lowest BCUT2D eigenvalue weighted by Crippen LogP contribution is -2.37. The Balaban J connectivity index is 2.12. The summed E-state index contributed by atoms with van der Waals surface area (Å²) >= 11 is 0. The van der Waals surface area contributed by atoms with Gasteiger partial charge in [0.05, 0.1) is 6.61 Å². The molecule has 0 unspecified atom stereocenters. The maximum atomic E-state index is 8.77. The van der Waals surface area contributed by atoms with Gasteiger partial charge in [-0.1, -0.05) is 12.1 Å². The van der Waals surface area contributed by atoms with Crippen molar-refractivity contribution in [3.63, 3.8) is 0 Å². The summed E-state index contributed by atoms with van der Waals surface area (Å²) in [4.78, 5) is 4.33. The van der Waals surface area contributed by atoms with Crippen molar-refractivity contribution >= 4 is 0 Å². The third-order valence-electron chi connectivity index (χ3n) is 3.03. The second-order valence-electron chi connectivity index (χ2n) is 4.30. The van der Waals surface area contributed by atoms with Gasteiger partial charge < -0.3 is 14.9 Å². The van der Waals surface area contributed by atoms with Gasteiger partial charge in [-0.3, -0.25) is 0 Å². The third kappa shape index (κ3) is 2.18. The van der Waals surface area contributed by atoms with Crippen molar-refractivity contribution in [1.29, 1.82) is 0 Å².